The Labute approximate surface area is 204 Å². The summed E-state index contributed by atoms with van der Waals surface area (Å²) in [4.78, 5) is 39.3. The number of ether oxygens (including phenoxy) is 1. The molecule has 2 aromatic rings. The molecule has 2 aliphatic rings. The summed E-state index contributed by atoms with van der Waals surface area (Å²) in [6.07, 6.45) is 1.70. The van der Waals surface area contributed by atoms with E-state index in [0.29, 0.717) is 5.69 Å². The van der Waals surface area contributed by atoms with Gasteiger partial charge in [0, 0.05) is 24.6 Å². The quantitative estimate of drug-likeness (QED) is 0.564. The highest BCUT2D eigenvalue weighted by Gasteiger charge is 2.37. The minimum absolute atomic E-state index is 0.0439. The fourth-order valence-corrected chi connectivity index (χ4v) is 4.48. The van der Waals surface area contributed by atoms with E-state index in [-0.39, 0.29) is 36.5 Å². The van der Waals surface area contributed by atoms with E-state index < -0.39 is 12.0 Å². The fourth-order valence-electron chi connectivity index (χ4n) is 4.48. The summed E-state index contributed by atoms with van der Waals surface area (Å²) in [5.74, 6) is -1.03. The number of likely N-dealkylation sites (tertiary alicyclic amines) is 1. The average Bonchev–Trinajstić information content (AvgIpc) is 3.31. The molecule has 9 heteroatoms. The van der Waals surface area contributed by atoms with Gasteiger partial charge in [0.1, 0.15) is 11.8 Å². The Morgan fingerprint density at radius 3 is 2.51 bits per heavy atom. The molecular formula is C26H31N5O4. The monoisotopic (exact) mass is 477 g/mol. The van der Waals surface area contributed by atoms with Gasteiger partial charge in [-0.3, -0.25) is 19.5 Å². The molecule has 0 radical (unpaired) electrons. The van der Waals surface area contributed by atoms with Crippen molar-refractivity contribution < 1.29 is 19.1 Å². The Bertz CT molecular complexity index is 1100. The van der Waals surface area contributed by atoms with E-state index in [1.807, 2.05) is 54.6 Å². The zero-order valence-electron chi connectivity index (χ0n) is 19.9. The van der Waals surface area contributed by atoms with Crippen molar-refractivity contribution in [1.29, 1.82) is 0 Å². The van der Waals surface area contributed by atoms with E-state index in [4.69, 9.17) is 10.5 Å². The van der Waals surface area contributed by atoms with Crippen LogP contribution in [0.15, 0.2) is 59.7 Å². The number of para-hydroxylation sites is 1. The predicted octanol–water partition coefficient (Wildman–Crippen LogP) is 2.52. The number of hydrazone groups is 1. The first-order chi connectivity index (χ1) is 16.9. The van der Waals surface area contributed by atoms with Gasteiger partial charge in [-0.1, -0.05) is 30.3 Å². The largest absolute Gasteiger partial charge is 0.461 e. The Morgan fingerprint density at radius 1 is 1.09 bits per heavy atom. The predicted molar refractivity (Wildman–Crippen MR) is 134 cm³/mol. The lowest BCUT2D eigenvalue weighted by molar-refractivity contribution is -0.135. The molecule has 1 unspecified atom stereocenters. The first-order valence-electron chi connectivity index (χ1n) is 11.9. The minimum atomic E-state index is -0.673. The molecule has 1 saturated heterocycles. The number of benzene rings is 2. The molecule has 0 aliphatic carbocycles. The molecule has 2 aliphatic heterocycles. The van der Waals surface area contributed by atoms with Crippen LogP contribution in [0.25, 0.3) is 0 Å². The van der Waals surface area contributed by atoms with Crippen LogP contribution < -0.4 is 16.1 Å². The number of rotatable bonds is 8. The molecular weight excluding hydrogens is 446 g/mol. The van der Waals surface area contributed by atoms with E-state index in [1.54, 1.807) is 11.9 Å². The maximum Gasteiger partial charge on any atom is 0.354 e. The average molecular weight is 478 g/mol. The van der Waals surface area contributed by atoms with Crippen LogP contribution in [0.4, 0.5) is 11.4 Å². The number of amides is 2. The zero-order valence-corrected chi connectivity index (χ0v) is 19.9. The number of piperidine rings is 1. The van der Waals surface area contributed by atoms with E-state index in [9.17, 15) is 14.4 Å². The second-order valence-corrected chi connectivity index (χ2v) is 8.81. The highest BCUT2D eigenvalue weighted by molar-refractivity contribution is 6.38. The van der Waals surface area contributed by atoms with Crippen molar-refractivity contribution >= 4 is 34.9 Å². The molecule has 4 rings (SSSR count). The third-order valence-electron chi connectivity index (χ3n) is 6.34. The third-order valence-corrected chi connectivity index (χ3v) is 6.34. The number of esters is 1. The molecule has 184 valence electrons. The van der Waals surface area contributed by atoms with Crippen molar-refractivity contribution in [3.05, 3.63) is 60.2 Å². The van der Waals surface area contributed by atoms with Gasteiger partial charge in [0.15, 0.2) is 0 Å². The minimum Gasteiger partial charge on any atom is -0.461 e. The summed E-state index contributed by atoms with van der Waals surface area (Å²) < 4.78 is 5.11. The van der Waals surface area contributed by atoms with Gasteiger partial charge in [-0.2, -0.15) is 5.10 Å². The molecule has 2 amide bonds. The van der Waals surface area contributed by atoms with Crippen molar-refractivity contribution in [2.75, 3.05) is 30.0 Å². The zero-order chi connectivity index (χ0) is 24.8. The summed E-state index contributed by atoms with van der Waals surface area (Å²) in [6, 6.07) is 16.3. The van der Waals surface area contributed by atoms with Gasteiger partial charge in [0.05, 0.1) is 12.3 Å². The van der Waals surface area contributed by atoms with Crippen LogP contribution in [-0.2, 0) is 25.7 Å². The van der Waals surface area contributed by atoms with Crippen LogP contribution in [0.2, 0.25) is 0 Å². The van der Waals surface area contributed by atoms with Gasteiger partial charge in [-0.25, -0.2) is 4.79 Å². The number of carbonyl (C=O) groups is 3. The number of nitrogens with zero attached hydrogens (tertiary/aromatic N) is 3. The van der Waals surface area contributed by atoms with Gasteiger partial charge in [-0.15, -0.1) is 0 Å². The van der Waals surface area contributed by atoms with E-state index in [1.165, 1.54) is 0 Å². The number of carbonyl (C=O) groups excluding carboxylic acids is 3. The molecule has 35 heavy (non-hydrogen) atoms. The lowest BCUT2D eigenvalue weighted by Gasteiger charge is -2.30. The maximum atomic E-state index is 13.3. The summed E-state index contributed by atoms with van der Waals surface area (Å²) in [6.45, 7) is 4.33. The van der Waals surface area contributed by atoms with E-state index >= 15 is 0 Å². The summed E-state index contributed by atoms with van der Waals surface area (Å²) in [5.41, 5.74) is 8.13. The van der Waals surface area contributed by atoms with Crippen LogP contribution in [-0.4, -0.2) is 54.1 Å². The highest BCUT2D eigenvalue weighted by Crippen LogP contribution is 2.26. The standard InChI is InChI=1S/C26H31N5O4/c1-2-35-26(34)22-16-23(31(29-22)21-9-4-3-5-10-21)25(33)28-20-8-6-7-18(15-20)17-30-13-11-19(12-14-30)24(27)32/h3-10,15,19,23H,2,11-14,16-17H2,1H3,(H2,27,32)(H,28,33). The molecule has 0 spiro atoms. The Hall–Kier alpha value is -3.72. The number of nitrogens with two attached hydrogens (primary N) is 1. The van der Waals surface area contributed by atoms with Crippen LogP contribution in [0.3, 0.4) is 0 Å². The summed E-state index contributed by atoms with van der Waals surface area (Å²) in [7, 11) is 0. The second-order valence-electron chi connectivity index (χ2n) is 8.81. The van der Waals surface area contributed by atoms with E-state index in [2.05, 4.69) is 15.3 Å². The number of primary amides is 1. The molecule has 1 atom stereocenters. The highest BCUT2D eigenvalue weighted by atomic mass is 16.5. The van der Waals surface area contributed by atoms with Crippen molar-refractivity contribution in [1.82, 2.24) is 4.90 Å². The number of anilines is 2. The Kier molecular flexibility index (Phi) is 7.77. The number of hydrogen-bond acceptors (Lipinski definition) is 7. The maximum absolute atomic E-state index is 13.3. The molecule has 0 aromatic heterocycles. The first kappa shape index (κ1) is 24.4. The molecule has 0 bridgehead atoms. The topological polar surface area (TPSA) is 117 Å². The second kappa shape index (κ2) is 11.1. The normalized spacial score (nSPS) is 18.7. The first-order valence-corrected chi connectivity index (χ1v) is 11.9. The van der Waals surface area contributed by atoms with Gasteiger partial charge < -0.3 is 15.8 Å². The number of nitrogens with one attached hydrogen (secondary N) is 1. The van der Waals surface area contributed by atoms with Crippen LogP contribution in [0.1, 0.15) is 31.7 Å². The van der Waals surface area contributed by atoms with Gasteiger partial charge in [0.25, 0.3) is 0 Å². The van der Waals surface area contributed by atoms with Crippen molar-refractivity contribution in [2.45, 2.75) is 38.8 Å². The van der Waals surface area contributed by atoms with Gasteiger partial charge in [-0.05, 0) is 62.7 Å². The molecule has 3 N–H and O–H groups in total. The summed E-state index contributed by atoms with van der Waals surface area (Å²) >= 11 is 0. The van der Waals surface area contributed by atoms with Crippen molar-refractivity contribution in [2.24, 2.45) is 16.8 Å². The van der Waals surface area contributed by atoms with Gasteiger partial charge >= 0.3 is 5.97 Å². The SMILES string of the molecule is CCOC(=O)C1=NN(c2ccccc2)C(C(=O)Nc2cccc(CN3CCC(C(N)=O)CC3)c2)C1. The van der Waals surface area contributed by atoms with Crippen molar-refractivity contribution in [3.63, 3.8) is 0 Å². The van der Waals surface area contributed by atoms with Crippen LogP contribution in [0, 0.1) is 5.92 Å². The Morgan fingerprint density at radius 2 is 1.83 bits per heavy atom. The fraction of sp³-hybridized carbons (Fsp3) is 0.385. The smallest absolute Gasteiger partial charge is 0.354 e. The third kappa shape index (κ3) is 6.05. The van der Waals surface area contributed by atoms with Gasteiger partial charge in [0.2, 0.25) is 11.8 Å². The molecule has 2 aromatic carbocycles. The molecule has 2 heterocycles. The summed E-state index contributed by atoms with van der Waals surface area (Å²) in [5, 5.41) is 8.98. The molecule has 1 fully saturated rings. The lowest BCUT2D eigenvalue weighted by atomic mass is 9.96. The molecule has 0 saturated carbocycles. The lowest BCUT2D eigenvalue weighted by Crippen LogP contribution is -2.39. The molecule has 9 nitrogen and oxygen atoms in total. The van der Waals surface area contributed by atoms with Crippen LogP contribution in [0.5, 0.6) is 0 Å². The van der Waals surface area contributed by atoms with Crippen molar-refractivity contribution in [3.8, 4) is 0 Å². The van der Waals surface area contributed by atoms with E-state index in [0.717, 1.165) is 43.7 Å². The number of hydrogen-bond donors (Lipinski definition) is 2. The Balaban J connectivity index is 1.43. The van der Waals surface area contributed by atoms with Crippen LogP contribution >= 0.6 is 0 Å².